The summed E-state index contributed by atoms with van der Waals surface area (Å²) in [5.41, 5.74) is 0. The van der Waals surface area contributed by atoms with Gasteiger partial charge in [0.25, 0.3) is 0 Å². The quantitative estimate of drug-likeness (QED) is 0.666. The Hall–Kier alpha value is -0.610. The van der Waals surface area contributed by atoms with Gasteiger partial charge < -0.3 is 15.2 Å². The van der Waals surface area contributed by atoms with Gasteiger partial charge in [0.1, 0.15) is 0 Å². The topological polar surface area (TPSA) is 58.6 Å². The summed E-state index contributed by atoms with van der Waals surface area (Å²) in [6.45, 7) is 1.48. The van der Waals surface area contributed by atoms with E-state index in [1.54, 1.807) is 7.11 Å². The molecule has 94 valence electrons. The maximum atomic E-state index is 11.9. The van der Waals surface area contributed by atoms with Gasteiger partial charge in [-0.05, 0) is 25.2 Å². The lowest BCUT2D eigenvalue weighted by atomic mass is 9.79. The highest BCUT2D eigenvalue weighted by Gasteiger charge is 2.29. The Balaban J connectivity index is 2.27. The number of ether oxygens (including phenoxy) is 1. The van der Waals surface area contributed by atoms with Crippen molar-refractivity contribution >= 4 is 5.91 Å². The molecule has 0 aromatic carbocycles. The highest BCUT2D eigenvalue weighted by atomic mass is 16.5. The molecule has 1 amide bonds. The largest absolute Gasteiger partial charge is 0.396 e. The van der Waals surface area contributed by atoms with Crippen molar-refractivity contribution in [2.24, 2.45) is 11.8 Å². The molecule has 2 unspecified atom stereocenters. The summed E-state index contributed by atoms with van der Waals surface area (Å²) >= 11 is 0. The maximum Gasteiger partial charge on any atom is 0.223 e. The molecule has 4 heteroatoms. The summed E-state index contributed by atoms with van der Waals surface area (Å²) in [7, 11) is 1.66. The third-order valence-electron chi connectivity index (χ3n) is 3.30. The van der Waals surface area contributed by atoms with Gasteiger partial charge in [0, 0.05) is 32.8 Å². The van der Waals surface area contributed by atoms with Gasteiger partial charge in [0.15, 0.2) is 0 Å². The van der Waals surface area contributed by atoms with E-state index in [1.807, 2.05) is 0 Å². The first kappa shape index (κ1) is 13.5. The molecule has 1 saturated carbocycles. The van der Waals surface area contributed by atoms with E-state index in [0.717, 1.165) is 32.1 Å². The van der Waals surface area contributed by atoms with Crippen LogP contribution in [0.1, 0.15) is 32.1 Å². The summed E-state index contributed by atoms with van der Waals surface area (Å²) in [6, 6.07) is 0. The van der Waals surface area contributed by atoms with Crippen LogP contribution in [0.3, 0.4) is 0 Å². The van der Waals surface area contributed by atoms with Crippen LogP contribution >= 0.6 is 0 Å². The predicted molar refractivity (Wildman–Crippen MR) is 62.0 cm³/mol. The monoisotopic (exact) mass is 229 g/mol. The molecule has 2 N–H and O–H groups in total. The summed E-state index contributed by atoms with van der Waals surface area (Å²) in [5.74, 6) is 0.285. The second kappa shape index (κ2) is 7.63. The minimum absolute atomic E-state index is 0.0151. The standard InChI is InChI=1S/C12H23NO3/c1-16-8-4-7-13-12(15)11-6-3-2-5-10(11)9-14/h10-11,14H,2-9H2,1H3,(H,13,15). The summed E-state index contributed by atoms with van der Waals surface area (Å²) in [4.78, 5) is 11.9. The summed E-state index contributed by atoms with van der Waals surface area (Å²) in [6.07, 6.45) is 4.98. The van der Waals surface area contributed by atoms with Crippen LogP contribution in [0.4, 0.5) is 0 Å². The molecule has 1 fully saturated rings. The Morgan fingerprint density at radius 1 is 1.44 bits per heavy atom. The van der Waals surface area contributed by atoms with Crippen molar-refractivity contribution in [1.29, 1.82) is 0 Å². The number of amides is 1. The lowest BCUT2D eigenvalue weighted by Crippen LogP contribution is -2.38. The smallest absolute Gasteiger partial charge is 0.223 e. The SMILES string of the molecule is COCCCNC(=O)C1CCCCC1CO. The average molecular weight is 229 g/mol. The first-order chi connectivity index (χ1) is 7.79. The van der Waals surface area contributed by atoms with Crippen molar-refractivity contribution in [3.8, 4) is 0 Å². The van der Waals surface area contributed by atoms with Crippen molar-refractivity contribution < 1.29 is 14.6 Å². The Morgan fingerprint density at radius 3 is 2.88 bits per heavy atom. The van der Waals surface area contributed by atoms with Gasteiger partial charge in [-0.3, -0.25) is 4.79 Å². The van der Waals surface area contributed by atoms with E-state index in [1.165, 1.54) is 0 Å². The molecule has 0 aromatic rings. The van der Waals surface area contributed by atoms with Crippen molar-refractivity contribution in [3.63, 3.8) is 0 Å². The molecular weight excluding hydrogens is 206 g/mol. The summed E-state index contributed by atoms with van der Waals surface area (Å²) in [5, 5.41) is 12.1. The fraction of sp³-hybridized carbons (Fsp3) is 0.917. The van der Waals surface area contributed by atoms with E-state index in [2.05, 4.69) is 5.32 Å². The first-order valence-corrected chi connectivity index (χ1v) is 6.17. The van der Waals surface area contributed by atoms with Crippen LogP contribution in [0.15, 0.2) is 0 Å². The van der Waals surface area contributed by atoms with Gasteiger partial charge in [-0.25, -0.2) is 0 Å². The van der Waals surface area contributed by atoms with Crippen molar-refractivity contribution in [3.05, 3.63) is 0 Å². The number of aliphatic hydroxyl groups excluding tert-OH is 1. The van der Waals surface area contributed by atoms with Gasteiger partial charge in [0.2, 0.25) is 5.91 Å². The number of hydrogen-bond acceptors (Lipinski definition) is 3. The molecule has 0 radical (unpaired) electrons. The van der Waals surface area contributed by atoms with Crippen LogP contribution in [0.25, 0.3) is 0 Å². The highest BCUT2D eigenvalue weighted by Crippen LogP contribution is 2.29. The molecule has 2 atom stereocenters. The fourth-order valence-corrected chi connectivity index (χ4v) is 2.33. The molecular formula is C12H23NO3. The Kier molecular flexibility index (Phi) is 6.42. The third kappa shape index (κ3) is 4.10. The number of carbonyl (C=O) groups excluding carboxylic acids is 1. The first-order valence-electron chi connectivity index (χ1n) is 6.17. The Labute approximate surface area is 97.4 Å². The third-order valence-corrected chi connectivity index (χ3v) is 3.30. The molecule has 0 saturated heterocycles. The van der Waals surface area contributed by atoms with Crippen molar-refractivity contribution in [1.82, 2.24) is 5.32 Å². The molecule has 1 aliphatic rings. The lowest BCUT2D eigenvalue weighted by molar-refractivity contribution is -0.128. The zero-order chi connectivity index (χ0) is 11.8. The number of nitrogens with one attached hydrogen (secondary N) is 1. The van der Waals surface area contributed by atoms with Crippen LogP contribution < -0.4 is 5.32 Å². The molecule has 0 spiro atoms. The second-order valence-electron chi connectivity index (χ2n) is 4.47. The van der Waals surface area contributed by atoms with E-state index in [0.29, 0.717) is 13.2 Å². The molecule has 0 aliphatic heterocycles. The van der Waals surface area contributed by atoms with Crippen LogP contribution in [-0.2, 0) is 9.53 Å². The minimum Gasteiger partial charge on any atom is -0.396 e. The van der Waals surface area contributed by atoms with E-state index in [-0.39, 0.29) is 24.3 Å². The van der Waals surface area contributed by atoms with E-state index in [9.17, 15) is 9.90 Å². The van der Waals surface area contributed by atoms with Crippen molar-refractivity contribution in [2.75, 3.05) is 26.9 Å². The molecule has 0 aromatic heterocycles. The lowest BCUT2D eigenvalue weighted by Gasteiger charge is -2.29. The molecule has 4 nitrogen and oxygen atoms in total. The highest BCUT2D eigenvalue weighted by molar-refractivity contribution is 5.79. The minimum atomic E-state index is 0.0151. The molecule has 16 heavy (non-hydrogen) atoms. The Morgan fingerprint density at radius 2 is 2.19 bits per heavy atom. The van der Waals surface area contributed by atoms with Crippen LogP contribution in [-0.4, -0.2) is 37.9 Å². The fourth-order valence-electron chi connectivity index (χ4n) is 2.33. The molecule has 0 heterocycles. The summed E-state index contributed by atoms with van der Waals surface area (Å²) < 4.78 is 4.92. The predicted octanol–water partition coefficient (Wildman–Crippen LogP) is 0.938. The van der Waals surface area contributed by atoms with E-state index >= 15 is 0 Å². The maximum absolute atomic E-state index is 11.9. The number of rotatable bonds is 6. The van der Waals surface area contributed by atoms with Crippen molar-refractivity contribution in [2.45, 2.75) is 32.1 Å². The number of aliphatic hydroxyl groups is 1. The van der Waals surface area contributed by atoms with E-state index < -0.39 is 0 Å². The Bertz CT molecular complexity index is 208. The van der Waals surface area contributed by atoms with Gasteiger partial charge in [0.05, 0.1) is 0 Å². The van der Waals surface area contributed by atoms with Gasteiger partial charge >= 0.3 is 0 Å². The van der Waals surface area contributed by atoms with Crippen LogP contribution in [0, 0.1) is 11.8 Å². The van der Waals surface area contributed by atoms with Crippen LogP contribution in [0.5, 0.6) is 0 Å². The van der Waals surface area contributed by atoms with Gasteiger partial charge in [-0.2, -0.15) is 0 Å². The van der Waals surface area contributed by atoms with E-state index in [4.69, 9.17) is 4.74 Å². The van der Waals surface area contributed by atoms with Crippen LogP contribution in [0.2, 0.25) is 0 Å². The normalized spacial score (nSPS) is 25.4. The number of carbonyl (C=O) groups is 1. The molecule has 0 bridgehead atoms. The zero-order valence-corrected chi connectivity index (χ0v) is 10.1. The van der Waals surface area contributed by atoms with Gasteiger partial charge in [-0.1, -0.05) is 12.8 Å². The number of hydrogen-bond donors (Lipinski definition) is 2. The average Bonchev–Trinajstić information content (AvgIpc) is 2.34. The zero-order valence-electron chi connectivity index (χ0n) is 10.1. The second-order valence-corrected chi connectivity index (χ2v) is 4.47. The molecule has 1 aliphatic carbocycles. The number of methoxy groups -OCH3 is 1. The van der Waals surface area contributed by atoms with Gasteiger partial charge in [-0.15, -0.1) is 0 Å². The molecule has 1 rings (SSSR count).